The Balaban J connectivity index is 2.02. The molecule has 8 heteroatoms. The average Bonchev–Trinajstić information content (AvgIpc) is 3.19. The van der Waals surface area contributed by atoms with Gasteiger partial charge in [-0.2, -0.15) is 5.10 Å². The number of rotatable bonds is 13. The summed E-state index contributed by atoms with van der Waals surface area (Å²) >= 11 is 0. The summed E-state index contributed by atoms with van der Waals surface area (Å²) in [7, 11) is 0. The third-order valence-corrected chi connectivity index (χ3v) is 4.35. The molecular weight excluding hydrogens is 364 g/mol. The topological polar surface area (TPSA) is 55.5 Å². The predicted octanol–water partition coefficient (Wildman–Crippen LogP) is 3.88. The van der Waals surface area contributed by atoms with Gasteiger partial charge in [0.05, 0.1) is 6.54 Å². The minimum absolute atomic E-state index is 0.179. The van der Waals surface area contributed by atoms with Gasteiger partial charge in [0.2, 0.25) is 0 Å². The average molecular weight is 393 g/mol. The van der Waals surface area contributed by atoms with Gasteiger partial charge in [0, 0.05) is 18.2 Å². The van der Waals surface area contributed by atoms with E-state index in [4.69, 9.17) is 4.84 Å². The predicted molar refractivity (Wildman–Crippen MR) is 105 cm³/mol. The van der Waals surface area contributed by atoms with Gasteiger partial charge in [0.1, 0.15) is 36.6 Å². The molecule has 0 aliphatic rings. The Bertz CT molecular complexity index is 713. The fraction of sp³-hybridized carbons (Fsp3) is 0.550. The van der Waals surface area contributed by atoms with E-state index in [1.165, 1.54) is 29.5 Å². The second kappa shape index (κ2) is 12.2. The maximum atomic E-state index is 14.2. The van der Waals surface area contributed by atoms with E-state index in [0.717, 1.165) is 51.4 Å². The molecule has 154 valence electrons. The van der Waals surface area contributed by atoms with Crippen LogP contribution >= 0.6 is 0 Å². The fourth-order valence-electron chi connectivity index (χ4n) is 2.75. The van der Waals surface area contributed by atoms with Crippen LogP contribution in [-0.4, -0.2) is 51.6 Å². The molecule has 2 aromatic rings. The van der Waals surface area contributed by atoms with Crippen molar-refractivity contribution in [3.63, 3.8) is 0 Å². The fourth-order valence-corrected chi connectivity index (χ4v) is 2.75. The molecule has 2 rings (SSSR count). The van der Waals surface area contributed by atoms with Crippen molar-refractivity contribution < 1.29 is 13.6 Å². The van der Waals surface area contributed by atoms with E-state index < -0.39 is 11.6 Å². The number of oxime groups is 1. The van der Waals surface area contributed by atoms with E-state index in [1.807, 2.05) is 0 Å². The first-order chi connectivity index (χ1) is 13.6. The number of unbranched alkanes of at least 4 members (excludes halogenated alkanes) is 2. The van der Waals surface area contributed by atoms with Gasteiger partial charge < -0.3 is 4.84 Å². The second-order valence-electron chi connectivity index (χ2n) is 6.64. The molecule has 6 nitrogen and oxygen atoms in total. The zero-order chi connectivity index (χ0) is 20.2. The van der Waals surface area contributed by atoms with E-state index >= 15 is 0 Å². The quantitative estimate of drug-likeness (QED) is 0.294. The molecule has 0 saturated carbocycles. The van der Waals surface area contributed by atoms with Crippen molar-refractivity contribution >= 4 is 5.71 Å². The minimum Gasteiger partial charge on any atom is -0.394 e. The Morgan fingerprint density at radius 3 is 2.50 bits per heavy atom. The SMILES string of the molecule is CCCCN(CCCC)CCO/N=C(/Cn1cncn1)c1ccc(F)cc1F. The molecular formula is C20H29F2N5O. The molecule has 0 N–H and O–H groups in total. The largest absolute Gasteiger partial charge is 0.394 e. The monoisotopic (exact) mass is 393 g/mol. The van der Waals surface area contributed by atoms with Crippen LogP contribution in [0.2, 0.25) is 0 Å². The van der Waals surface area contributed by atoms with Gasteiger partial charge in [-0.25, -0.2) is 18.4 Å². The van der Waals surface area contributed by atoms with Crippen molar-refractivity contribution in [3.8, 4) is 0 Å². The standard InChI is InChI=1S/C20H29F2N5O/c1-3-5-9-26(10-6-4-2)11-12-28-25-20(14-27-16-23-15-24-27)18-8-7-17(21)13-19(18)22/h7-8,13,15-16H,3-6,9-12,14H2,1-2H3/b25-20-. The molecule has 28 heavy (non-hydrogen) atoms. The lowest BCUT2D eigenvalue weighted by Gasteiger charge is -2.21. The van der Waals surface area contributed by atoms with E-state index in [1.54, 1.807) is 0 Å². The number of benzene rings is 1. The van der Waals surface area contributed by atoms with Gasteiger partial charge in [-0.1, -0.05) is 31.8 Å². The normalized spacial score (nSPS) is 12.0. The van der Waals surface area contributed by atoms with Crippen LogP contribution in [0, 0.1) is 11.6 Å². The van der Waals surface area contributed by atoms with Crippen molar-refractivity contribution in [2.24, 2.45) is 5.16 Å². The minimum atomic E-state index is -0.685. The van der Waals surface area contributed by atoms with Crippen LogP contribution in [0.3, 0.4) is 0 Å². The van der Waals surface area contributed by atoms with Gasteiger partial charge in [0.25, 0.3) is 0 Å². The third-order valence-electron chi connectivity index (χ3n) is 4.35. The van der Waals surface area contributed by atoms with E-state index in [-0.39, 0.29) is 12.1 Å². The van der Waals surface area contributed by atoms with Gasteiger partial charge in [-0.05, 0) is 38.1 Å². The molecule has 0 amide bonds. The molecule has 0 aliphatic carbocycles. The molecule has 0 spiro atoms. The Morgan fingerprint density at radius 1 is 1.14 bits per heavy atom. The maximum Gasteiger partial charge on any atom is 0.137 e. The Morgan fingerprint density at radius 2 is 1.89 bits per heavy atom. The van der Waals surface area contributed by atoms with Gasteiger partial charge in [-0.3, -0.25) is 4.90 Å². The second-order valence-corrected chi connectivity index (χ2v) is 6.64. The maximum absolute atomic E-state index is 14.2. The third kappa shape index (κ3) is 7.34. The van der Waals surface area contributed by atoms with Crippen LogP contribution < -0.4 is 0 Å². The summed E-state index contributed by atoms with van der Waals surface area (Å²) in [6.07, 6.45) is 7.48. The number of aromatic nitrogens is 3. The molecule has 0 fully saturated rings. The van der Waals surface area contributed by atoms with Crippen molar-refractivity contribution in [1.29, 1.82) is 0 Å². The summed E-state index contributed by atoms with van der Waals surface area (Å²) in [4.78, 5) is 11.7. The molecule has 1 heterocycles. The van der Waals surface area contributed by atoms with E-state index in [0.29, 0.717) is 12.3 Å². The molecule has 0 atom stereocenters. The van der Waals surface area contributed by atoms with Crippen molar-refractivity contribution in [3.05, 3.63) is 48.1 Å². The highest BCUT2D eigenvalue weighted by atomic mass is 19.1. The molecule has 0 bridgehead atoms. The highest BCUT2D eigenvalue weighted by Gasteiger charge is 2.13. The first-order valence-corrected chi connectivity index (χ1v) is 9.83. The zero-order valence-electron chi connectivity index (χ0n) is 16.7. The molecule has 1 aromatic carbocycles. The molecule has 0 saturated heterocycles. The lowest BCUT2D eigenvalue weighted by molar-refractivity contribution is 0.108. The highest BCUT2D eigenvalue weighted by Crippen LogP contribution is 2.12. The van der Waals surface area contributed by atoms with Crippen LogP contribution in [0.1, 0.15) is 45.1 Å². The van der Waals surface area contributed by atoms with Crippen LogP contribution in [0.15, 0.2) is 36.0 Å². The lowest BCUT2D eigenvalue weighted by atomic mass is 10.1. The summed E-state index contributed by atoms with van der Waals surface area (Å²) in [5, 5.41) is 8.15. The smallest absolute Gasteiger partial charge is 0.137 e. The first-order valence-electron chi connectivity index (χ1n) is 9.83. The van der Waals surface area contributed by atoms with Crippen LogP contribution in [0.4, 0.5) is 8.78 Å². The number of halogens is 2. The Kier molecular flexibility index (Phi) is 9.54. The molecule has 0 radical (unpaired) electrons. The summed E-state index contributed by atoms with van der Waals surface area (Å²) in [6.45, 7) is 7.74. The van der Waals surface area contributed by atoms with Crippen LogP contribution in [0.5, 0.6) is 0 Å². The van der Waals surface area contributed by atoms with Gasteiger partial charge in [0.15, 0.2) is 0 Å². The zero-order valence-corrected chi connectivity index (χ0v) is 16.7. The molecule has 0 aliphatic heterocycles. The number of hydrogen-bond donors (Lipinski definition) is 0. The van der Waals surface area contributed by atoms with Crippen LogP contribution in [0.25, 0.3) is 0 Å². The van der Waals surface area contributed by atoms with E-state index in [9.17, 15) is 8.78 Å². The summed E-state index contributed by atoms with van der Waals surface area (Å²) in [6, 6.07) is 3.40. The van der Waals surface area contributed by atoms with Gasteiger partial charge in [-0.15, -0.1) is 0 Å². The van der Waals surface area contributed by atoms with E-state index in [2.05, 4.69) is 34.0 Å². The number of hydrogen-bond acceptors (Lipinski definition) is 5. The molecule has 1 aromatic heterocycles. The summed E-state index contributed by atoms with van der Waals surface area (Å²) < 4.78 is 29.0. The van der Waals surface area contributed by atoms with Gasteiger partial charge >= 0.3 is 0 Å². The highest BCUT2D eigenvalue weighted by molar-refractivity contribution is 6.00. The first kappa shape index (κ1) is 21.9. The summed E-state index contributed by atoms with van der Waals surface area (Å²) in [5.74, 6) is -1.32. The van der Waals surface area contributed by atoms with Crippen molar-refractivity contribution in [1.82, 2.24) is 19.7 Å². The van der Waals surface area contributed by atoms with Crippen molar-refractivity contribution in [2.45, 2.75) is 46.1 Å². The van der Waals surface area contributed by atoms with Crippen molar-refractivity contribution in [2.75, 3.05) is 26.2 Å². The number of nitrogens with zero attached hydrogens (tertiary/aromatic N) is 5. The molecule has 0 unspecified atom stereocenters. The Hall–Kier alpha value is -2.35. The van der Waals surface area contributed by atoms with Crippen LogP contribution in [-0.2, 0) is 11.4 Å². The summed E-state index contributed by atoms with van der Waals surface area (Å²) in [5.41, 5.74) is 0.516. The Labute approximate surface area is 165 Å². The lowest BCUT2D eigenvalue weighted by Crippen LogP contribution is -2.29.